The quantitative estimate of drug-likeness (QED) is 0.406. The van der Waals surface area contributed by atoms with E-state index in [-0.39, 0.29) is 11.7 Å². The lowest BCUT2D eigenvalue weighted by atomic mass is 10.1. The number of aromatic hydroxyl groups is 1. The smallest absolute Gasteiger partial charge is 0.274 e. The number of carbonyl (C=O) groups is 1. The van der Waals surface area contributed by atoms with Crippen molar-refractivity contribution < 1.29 is 14.6 Å². The molecule has 3 aromatic carbocycles. The van der Waals surface area contributed by atoms with Crippen molar-refractivity contribution in [3.05, 3.63) is 81.7 Å². The molecule has 0 aromatic heterocycles. The van der Waals surface area contributed by atoms with E-state index >= 15 is 0 Å². The number of aliphatic imine (C=N–C) groups is 1. The highest BCUT2D eigenvalue weighted by molar-refractivity contribution is 8.20. The maximum Gasteiger partial charge on any atom is 0.274 e. The SMILES string of the molecule is CCN1C(=C2SC(=Nc3ccc(C)c(C)c3)N(c3ccc(O)cc3)C2=O)Sc2ccc(OC)cc21. The topological polar surface area (TPSA) is 65.4 Å². The van der Waals surface area contributed by atoms with Crippen LogP contribution in [-0.4, -0.2) is 29.8 Å². The van der Waals surface area contributed by atoms with E-state index in [4.69, 9.17) is 9.73 Å². The highest BCUT2D eigenvalue weighted by Crippen LogP contribution is 2.52. The van der Waals surface area contributed by atoms with E-state index in [1.165, 1.54) is 17.3 Å². The van der Waals surface area contributed by atoms with Crippen molar-refractivity contribution in [3.8, 4) is 11.5 Å². The molecule has 3 aromatic rings. The highest BCUT2D eigenvalue weighted by atomic mass is 32.2. The van der Waals surface area contributed by atoms with Crippen molar-refractivity contribution in [2.45, 2.75) is 25.7 Å². The van der Waals surface area contributed by atoms with E-state index in [0.717, 1.165) is 32.6 Å². The maximum atomic E-state index is 13.9. The summed E-state index contributed by atoms with van der Waals surface area (Å²) in [5.41, 5.74) is 4.81. The van der Waals surface area contributed by atoms with Crippen LogP contribution in [0.2, 0.25) is 0 Å². The van der Waals surface area contributed by atoms with E-state index in [0.29, 0.717) is 22.3 Å². The second-order valence-electron chi connectivity index (χ2n) is 8.24. The molecule has 2 aliphatic heterocycles. The summed E-state index contributed by atoms with van der Waals surface area (Å²) in [6.07, 6.45) is 0. The molecule has 0 aliphatic carbocycles. The Morgan fingerprint density at radius 3 is 2.43 bits per heavy atom. The molecule has 1 N–H and O–H groups in total. The Hall–Kier alpha value is -3.36. The minimum Gasteiger partial charge on any atom is -0.508 e. The molecule has 1 amide bonds. The van der Waals surface area contributed by atoms with E-state index < -0.39 is 0 Å². The maximum absolute atomic E-state index is 13.9. The predicted molar refractivity (Wildman–Crippen MR) is 145 cm³/mol. The summed E-state index contributed by atoms with van der Waals surface area (Å²) in [6, 6.07) is 18.6. The number of amidine groups is 1. The monoisotopic (exact) mass is 503 g/mol. The number of rotatable bonds is 4. The molecule has 5 rings (SSSR count). The van der Waals surface area contributed by atoms with Gasteiger partial charge in [-0.05, 0) is 92.2 Å². The van der Waals surface area contributed by atoms with Crippen LogP contribution < -0.4 is 14.5 Å². The van der Waals surface area contributed by atoms with Crippen LogP contribution in [0.25, 0.3) is 0 Å². The molecule has 35 heavy (non-hydrogen) atoms. The average molecular weight is 504 g/mol. The fourth-order valence-electron chi connectivity index (χ4n) is 3.98. The standard InChI is InChI=1S/C27H25N3O3S2/c1-5-29-22-15-21(33-4)12-13-23(22)34-26(29)24-25(32)30(19-8-10-20(31)11-9-19)27(35-24)28-18-7-6-16(2)17(3)14-18/h6-15,31H,5H2,1-4H3. The van der Waals surface area contributed by atoms with Gasteiger partial charge in [0.25, 0.3) is 5.91 Å². The number of phenols is 1. The van der Waals surface area contributed by atoms with Gasteiger partial charge in [-0.1, -0.05) is 17.8 Å². The molecule has 6 nitrogen and oxygen atoms in total. The summed E-state index contributed by atoms with van der Waals surface area (Å²) < 4.78 is 5.43. The summed E-state index contributed by atoms with van der Waals surface area (Å²) in [7, 11) is 1.65. The molecule has 0 radical (unpaired) electrons. The van der Waals surface area contributed by atoms with Gasteiger partial charge in [0.15, 0.2) is 5.17 Å². The van der Waals surface area contributed by atoms with Crippen LogP contribution in [0.5, 0.6) is 11.5 Å². The Labute approximate surface area is 213 Å². The second kappa shape index (κ2) is 9.36. The van der Waals surface area contributed by atoms with Crippen LogP contribution in [0.1, 0.15) is 18.1 Å². The first-order valence-electron chi connectivity index (χ1n) is 11.2. The summed E-state index contributed by atoms with van der Waals surface area (Å²) >= 11 is 2.97. The highest BCUT2D eigenvalue weighted by Gasteiger charge is 2.40. The zero-order valence-electron chi connectivity index (χ0n) is 19.9. The Balaban J connectivity index is 1.62. The first-order valence-corrected chi connectivity index (χ1v) is 12.9. The zero-order valence-corrected chi connectivity index (χ0v) is 21.5. The van der Waals surface area contributed by atoms with Crippen molar-refractivity contribution in [2.24, 2.45) is 4.99 Å². The number of ether oxygens (including phenoxy) is 1. The average Bonchev–Trinajstić information content (AvgIpc) is 3.38. The number of benzene rings is 3. The van der Waals surface area contributed by atoms with Crippen LogP contribution in [-0.2, 0) is 4.79 Å². The fourth-order valence-corrected chi connectivity index (χ4v) is 6.36. The lowest BCUT2D eigenvalue weighted by Gasteiger charge is -2.19. The molecule has 8 heteroatoms. The van der Waals surface area contributed by atoms with Crippen molar-refractivity contribution in [3.63, 3.8) is 0 Å². The van der Waals surface area contributed by atoms with Gasteiger partial charge in [-0.2, -0.15) is 0 Å². The zero-order chi connectivity index (χ0) is 24.7. The van der Waals surface area contributed by atoms with Gasteiger partial charge in [-0.3, -0.25) is 9.69 Å². The molecule has 1 fully saturated rings. The molecule has 0 spiro atoms. The van der Waals surface area contributed by atoms with Crippen LogP contribution in [0.15, 0.2) is 80.5 Å². The normalized spacial score (nSPS) is 18.5. The van der Waals surface area contributed by atoms with Crippen LogP contribution in [0, 0.1) is 13.8 Å². The lowest BCUT2D eigenvalue weighted by Crippen LogP contribution is -2.29. The van der Waals surface area contributed by atoms with Crippen molar-refractivity contribution >= 4 is 51.7 Å². The van der Waals surface area contributed by atoms with Gasteiger partial charge >= 0.3 is 0 Å². The number of fused-ring (bicyclic) bond motifs is 1. The number of thioether (sulfide) groups is 2. The number of hydrogen-bond acceptors (Lipinski definition) is 7. The molecular weight excluding hydrogens is 478 g/mol. The van der Waals surface area contributed by atoms with Gasteiger partial charge in [0.05, 0.1) is 24.2 Å². The van der Waals surface area contributed by atoms with E-state index in [9.17, 15) is 9.90 Å². The second-order valence-corrected chi connectivity index (χ2v) is 10.2. The summed E-state index contributed by atoms with van der Waals surface area (Å²) in [6.45, 7) is 6.90. The number of phenolic OH excluding ortho intramolecular Hbond substituents is 1. The van der Waals surface area contributed by atoms with Crippen LogP contribution in [0.4, 0.5) is 17.1 Å². The number of anilines is 2. The minimum absolute atomic E-state index is 0.135. The summed E-state index contributed by atoms with van der Waals surface area (Å²) in [5, 5.41) is 11.3. The first kappa shape index (κ1) is 23.4. The van der Waals surface area contributed by atoms with Crippen molar-refractivity contribution in [1.82, 2.24) is 0 Å². The van der Waals surface area contributed by atoms with E-state index in [1.807, 2.05) is 36.4 Å². The largest absolute Gasteiger partial charge is 0.508 e. The van der Waals surface area contributed by atoms with Crippen molar-refractivity contribution in [2.75, 3.05) is 23.5 Å². The predicted octanol–water partition coefficient (Wildman–Crippen LogP) is 6.59. The third kappa shape index (κ3) is 4.28. The number of aryl methyl sites for hydroxylation is 2. The molecule has 1 saturated heterocycles. The van der Waals surface area contributed by atoms with Crippen LogP contribution >= 0.6 is 23.5 Å². The van der Waals surface area contributed by atoms with Crippen LogP contribution in [0.3, 0.4) is 0 Å². The van der Waals surface area contributed by atoms with E-state index in [2.05, 4.69) is 25.7 Å². The molecule has 0 bridgehead atoms. The number of hydrogen-bond donors (Lipinski definition) is 1. The summed E-state index contributed by atoms with van der Waals surface area (Å²) in [4.78, 5) is 24.2. The number of amides is 1. The fraction of sp³-hybridized carbons (Fsp3) is 0.185. The van der Waals surface area contributed by atoms with Gasteiger partial charge in [0.1, 0.15) is 21.4 Å². The first-order chi connectivity index (χ1) is 16.9. The third-order valence-corrected chi connectivity index (χ3v) is 8.37. The molecule has 0 atom stereocenters. The van der Waals surface area contributed by atoms with Gasteiger partial charge in [-0.25, -0.2) is 4.99 Å². The molecule has 178 valence electrons. The van der Waals surface area contributed by atoms with Gasteiger partial charge in [0, 0.05) is 17.5 Å². The minimum atomic E-state index is -0.135. The molecule has 2 heterocycles. The lowest BCUT2D eigenvalue weighted by molar-refractivity contribution is -0.113. The number of carbonyl (C=O) groups excluding carboxylic acids is 1. The molecule has 0 unspecified atom stereocenters. The molecule has 0 saturated carbocycles. The van der Waals surface area contributed by atoms with Gasteiger partial charge in [0.2, 0.25) is 0 Å². The Bertz CT molecular complexity index is 1380. The Kier molecular flexibility index (Phi) is 6.25. The van der Waals surface area contributed by atoms with Gasteiger partial charge < -0.3 is 14.7 Å². The van der Waals surface area contributed by atoms with Gasteiger partial charge in [-0.15, -0.1) is 0 Å². The third-order valence-electron chi connectivity index (χ3n) is 6.02. The van der Waals surface area contributed by atoms with Crippen molar-refractivity contribution in [1.29, 1.82) is 0 Å². The number of methoxy groups -OCH3 is 1. The number of nitrogens with zero attached hydrogens (tertiary/aromatic N) is 3. The molecular formula is C27H25N3O3S2. The Morgan fingerprint density at radius 1 is 0.971 bits per heavy atom. The van der Waals surface area contributed by atoms with E-state index in [1.54, 1.807) is 48.0 Å². The Morgan fingerprint density at radius 2 is 1.74 bits per heavy atom. The summed E-state index contributed by atoms with van der Waals surface area (Å²) in [5.74, 6) is 0.790. The molecule has 2 aliphatic rings.